The van der Waals surface area contributed by atoms with E-state index in [4.69, 9.17) is 26.2 Å². The van der Waals surface area contributed by atoms with Crippen LogP contribution >= 0.6 is 11.6 Å². The summed E-state index contributed by atoms with van der Waals surface area (Å²) in [7, 11) is 0. The van der Waals surface area contributed by atoms with Crippen LogP contribution in [-0.4, -0.2) is 47.8 Å². The molecule has 3 N–H and O–H groups in total. The van der Waals surface area contributed by atoms with Crippen molar-refractivity contribution in [2.24, 2.45) is 0 Å². The van der Waals surface area contributed by atoms with Crippen molar-refractivity contribution in [3.8, 4) is 0 Å². The van der Waals surface area contributed by atoms with Gasteiger partial charge in [0.05, 0.1) is 17.0 Å². The molecule has 2 heterocycles. The van der Waals surface area contributed by atoms with Crippen molar-refractivity contribution in [1.29, 1.82) is 0 Å². The highest BCUT2D eigenvalue weighted by atomic mass is 35.5. The van der Waals surface area contributed by atoms with Crippen molar-refractivity contribution >= 4 is 40.2 Å². The van der Waals surface area contributed by atoms with E-state index in [1.807, 2.05) is 0 Å². The Morgan fingerprint density at radius 3 is 2.62 bits per heavy atom. The van der Waals surface area contributed by atoms with Gasteiger partial charge in [-0.05, 0) is 13.0 Å². The number of nitrogens with zero attached hydrogens (tertiary/aromatic N) is 1. The first-order chi connectivity index (χ1) is 12.3. The molecule has 1 atom stereocenters. The number of hydrogen-bond donors (Lipinski definition) is 3. The molecule has 0 amide bonds. The number of carbonyl (C=O) groups is 2. The maximum atomic E-state index is 13.9. The van der Waals surface area contributed by atoms with Gasteiger partial charge in [-0.25, -0.2) is 14.0 Å². The summed E-state index contributed by atoms with van der Waals surface area (Å²) in [5.41, 5.74) is 1.45. The van der Waals surface area contributed by atoms with Gasteiger partial charge in [0.1, 0.15) is 5.82 Å². The predicted molar refractivity (Wildman–Crippen MR) is 95.3 cm³/mol. The number of hydrogen-bond acceptors (Lipinski definition) is 5. The van der Waals surface area contributed by atoms with Gasteiger partial charge in [-0.1, -0.05) is 11.6 Å². The van der Waals surface area contributed by atoms with Gasteiger partial charge in [-0.3, -0.25) is 0 Å². The summed E-state index contributed by atoms with van der Waals surface area (Å²) in [6.07, 6.45) is 2.66. The quantitative estimate of drug-likeness (QED) is 0.699. The number of piperazine rings is 1. The third-order valence-electron chi connectivity index (χ3n) is 3.79. The molecule has 2 aromatic rings. The van der Waals surface area contributed by atoms with Gasteiger partial charge in [0.2, 0.25) is 0 Å². The van der Waals surface area contributed by atoms with Crippen molar-refractivity contribution in [1.82, 2.24) is 5.32 Å². The number of carboxylic acid groups (broad SMARTS) is 2. The van der Waals surface area contributed by atoms with Crippen LogP contribution in [0.15, 0.2) is 35.0 Å². The number of nitrogens with one attached hydrogen (secondary N) is 1. The molecule has 0 radical (unpaired) electrons. The van der Waals surface area contributed by atoms with Gasteiger partial charge in [0.25, 0.3) is 0 Å². The molecule has 0 aliphatic carbocycles. The number of anilines is 1. The van der Waals surface area contributed by atoms with Crippen LogP contribution in [0.4, 0.5) is 10.1 Å². The second-order valence-electron chi connectivity index (χ2n) is 5.61. The Morgan fingerprint density at radius 2 is 2.04 bits per heavy atom. The summed E-state index contributed by atoms with van der Waals surface area (Å²) < 4.78 is 19.3. The zero-order valence-electron chi connectivity index (χ0n) is 13.9. The molecule has 9 heteroatoms. The fourth-order valence-electron chi connectivity index (χ4n) is 2.61. The number of benzene rings is 1. The van der Waals surface area contributed by atoms with Crippen molar-refractivity contribution in [2.45, 2.75) is 13.0 Å². The number of furan rings is 1. The molecule has 26 heavy (non-hydrogen) atoms. The molecule has 3 rings (SSSR count). The lowest BCUT2D eigenvalue weighted by molar-refractivity contribution is -0.134. The topological polar surface area (TPSA) is 103 Å². The van der Waals surface area contributed by atoms with Crippen LogP contribution in [0.1, 0.15) is 6.92 Å². The zero-order chi connectivity index (χ0) is 19.3. The summed E-state index contributed by atoms with van der Waals surface area (Å²) in [5.74, 6) is -2.91. The molecule has 0 spiro atoms. The molecule has 1 aliphatic heterocycles. The van der Waals surface area contributed by atoms with Crippen LogP contribution < -0.4 is 10.2 Å². The highest BCUT2D eigenvalue weighted by Crippen LogP contribution is 2.36. The van der Waals surface area contributed by atoms with Gasteiger partial charge in [0, 0.05) is 49.3 Å². The normalized spacial score (nSPS) is 17.2. The maximum Gasteiger partial charge on any atom is 0.328 e. The minimum absolute atomic E-state index is 0.130. The van der Waals surface area contributed by atoms with E-state index in [0.29, 0.717) is 29.2 Å². The van der Waals surface area contributed by atoms with Crippen LogP contribution in [0.3, 0.4) is 0 Å². The van der Waals surface area contributed by atoms with E-state index in [1.165, 1.54) is 6.07 Å². The van der Waals surface area contributed by atoms with Crippen molar-refractivity contribution in [3.63, 3.8) is 0 Å². The van der Waals surface area contributed by atoms with Crippen molar-refractivity contribution < 1.29 is 28.6 Å². The standard InChI is InChI=1S/C13H14ClFN2O.C4H4O4/c1-8-7-16-3-4-17(8)11-6-10(15)12(14)9-2-5-18-13(9)11;5-3(6)1-2-4(7)8/h2,5-6,8,16H,3-4,7H2,1H3;1-2H,(H,5,6)(H,7,8)/b;2-1+/t8-;/m1./s1. The predicted octanol–water partition coefficient (Wildman–Crippen LogP) is 2.74. The Hall–Kier alpha value is -2.58. The van der Waals surface area contributed by atoms with Gasteiger partial charge >= 0.3 is 11.9 Å². The Balaban J connectivity index is 0.000000260. The van der Waals surface area contributed by atoms with Gasteiger partial charge in [0.15, 0.2) is 5.58 Å². The second kappa shape index (κ2) is 8.68. The number of carboxylic acids is 2. The number of fused-ring (bicyclic) bond motifs is 1. The summed E-state index contributed by atoms with van der Waals surface area (Å²) in [5, 5.41) is 19.7. The van der Waals surface area contributed by atoms with E-state index in [0.717, 1.165) is 25.3 Å². The zero-order valence-corrected chi connectivity index (χ0v) is 14.7. The SMILES string of the molecule is C[C@@H]1CNCCN1c1cc(F)c(Cl)c2ccoc12.O=C(O)/C=C/C(=O)O. The Morgan fingerprint density at radius 1 is 1.38 bits per heavy atom. The lowest BCUT2D eigenvalue weighted by atomic mass is 10.1. The van der Waals surface area contributed by atoms with E-state index in [9.17, 15) is 14.0 Å². The van der Waals surface area contributed by atoms with Gasteiger partial charge < -0.3 is 24.8 Å². The largest absolute Gasteiger partial charge is 0.478 e. The van der Waals surface area contributed by atoms with E-state index in [2.05, 4.69) is 17.1 Å². The first kappa shape index (κ1) is 19.7. The number of halogens is 2. The highest BCUT2D eigenvalue weighted by molar-refractivity contribution is 6.36. The molecule has 1 fully saturated rings. The molecule has 1 saturated heterocycles. The Kier molecular flexibility index (Phi) is 6.59. The molecular formula is C17H18ClFN2O5. The molecule has 1 aromatic heterocycles. The lowest BCUT2D eigenvalue weighted by Crippen LogP contribution is -2.50. The van der Waals surface area contributed by atoms with Crippen molar-refractivity contribution in [3.05, 3.63) is 41.4 Å². The fraction of sp³-hybridized carbons (Fsp3) is 0.294. The molecule has 0 bridgehead atoms. The Bertz CT molecular complexity index is 820. The fourth-order valence-corrected chi connectivity index (χ4v) is 2.82. The molecule has 0 unspecified atom stereocenters. The second-order valence-corrected chi connectivity index (χ2v) is 5.99. The third kappa shape index (κ3) is 4.74. The van der Waals surface area contributed by atoms with Crippen LogP contribution in [-0.2, 0) is 9.59 Å². The first-order valence-electron chi connectivity index (χ1n) is 7.77. The maximum absolute atomic E-state index is 13.9. The first-order valence-corrected chi connectivity index (χ1v) is 8.15. The molecule has 1 aromatic carbocycles. The van der Waals surface area contributed by atoms with E-state index in [-0.39, 0.29) is 5.02 Å². The van der Waals surface area contributed by atoms with E-state index < -0.39 is 17.8 Å². The van der Waals surface area contributed by atoms with Crippen molar-refractivity contribution in [2.75, 3.05) is 24.5 Å². The number of rotatable bonds is 3. The smallest absolute Gasteiger partial charge is 0.328 e. The third-order valence-corrected chi connectivity index (χ3v) is 4.17. The average molecular weight is 385 g/mol. The van der Waals surface area contributed by atoms with Gasteiger partial charge in [-0.2, -0.15) is 0 Å². The molecule has 0 saturated carbocycles. The minimum Gasteiger partial charge on any atom is -0.478 e. The Labute approximate surface area is 153 Å². The summed E-state index contributed by atoms with van der Waals surface area (Å²) in [4.78, 5) is 21.3. The summed E-state index contributed by atoms with van der Waals surface area (Å²) >= 11 is 5.95. The van der Waals surface area contributed by atoms with Crippen LogP contribution in [0, 0.1) is 5.82 Å². The summed E-state index contributed by atoms with van der Waals surface area (Å²) in [6.45, 7) is 4.70. The molecular weight excluding hydrogens is 367 g/mol. The molecule has 140 valence electrons. The molecule has 7 nitrogen and oxygen atoms in total. The molecule has 1 aliphatic rings. The van der Waals surface area contributed by atoms with Crippen LogP contribution in [0.2, 0.25) is 5.02 Å². The van der Waals surface area contributed by atoms with Crippen LogP contribution in [0.25, 0.3) is 11.0 Å². The minimum atomic E-state index is -1.26. The van der Waals surface area contributed by atoms with Gasteiger partial charge in [-0.15, -0.1) is 0 Å². The monoisotopic (exact) mass is 384 g/mol. The highest BCUT2D eigenvalue weighted by Gasteiger charge is 2.23. The average Bonchev–Trinajstić information content (AvgIpc) is 3.08. The van der Waals surface area contributed by atoms with Crippen LogP contribution in [0.5, 0.6) is 0 Å². The van der Waals surface area contributed by atoms with E-state index in [1.54, 1.807) is 12.3 Å². The summed E-state index contributed by atoms with van der Waals surface area (Å²) in [6, 6.07) is 3.47. The van der Waals surface area contributed by atoms with E-state index >= 15 is 0 Å². The lowest BCUT2D eigenvalue weighted by Gasteiger charge is -2.35. The number of aliphatic carboxylic acids is 2.